The van der Waals surface area contributed by atoms with Crippen LogP contribution in [0, 0.1) is 0 Å². The minimum atomic E-state index is 0.283. The van der Waals surface area contributed by atoms with E-state index in [9.17, 15) is 4.79 Å². The van der Waals surface area contributed by atoms with Gasteiger partial charge in [0.25, 0.3) is 0 Å². The summed E-state index contributed by atoms with van der Waals surface area (Å²) in [7, 11) is 0. The van der Waals surface area contributed by atoms with E-state index in [-0.39, 0.29) is 5.78 Å². The minimum absolute atomic E-state index is 0.283. The van der Waals surface area contributed by atoms with Crippen molar-refractivity contribution in [3.63, 3.8) is 0 Å². The minimum Gasteiger partial charge on any atom is -0.380 e. The van der Waals surface area contributed by atoms with Crippen LogP contribution in [-0.2, 0) is 14.3 Å². The van der Waals surface area contributed by atoms with Crippen molar-refractivity contribution in [2.45, 2.75) is 40.0 Å². The molecule has 108 valence electrons. The molecule has 0 rings (SSSR count). The number of hydrogen-bond donors (Lipinski definition) is 0. The van der Waals surface area contributed by atoms with E-state index in [2.05, 4.69) is 4.90 Å². The highest BCUT2D eigenvalue weighted by Crippen LogP contribution is 2.00. The van der Waals surface area contributed by atoms with Crippen molar-refractivity contribution in [3.8, 4) is 0 Å². The van der Waals surface area contributed by atoms with Gasteiger partial charge < -0.3 is 14.3 Å². The Bertz CT molecular complexity index is 187. The number of nitrogens with zero attached hydrogens (tertiary/aromatic N) is 1. The Morgan fingerprint density at radius 1 is 0.944 bits per heavy atom. The maximum Gasteiger partial charge on any atom is 0.129 e. The molecular formula is C14H29NO3. The zero-order chi connectivity index (χ0) is 13.6. The van der Waals surface area contributed by atoms with Gasteiger partial charge in [-0.2, -0.15) is 0 Å². The summed E-state index contributed by atoms with van der Waals surface area (Å²) in [6.07, 6.45) is 2.75. The van der Waals surface area contributed by atoms with Crippen molar-refractivity contribution < 1.29 is 14.3 Å². The number of Topliss-reactive ketones (excluding diaryl/α,β-unsaturated/α-hetero) is 1. The molecule has 0 aliphatic carbocycles. The predicted octanol–water partition coefficient (Wildman–Crippen LogP) is 2.12. The first kappa shape index (κ1) is 17.6. The fourth-order valence-corrected chi connectivity index (χ4v) is 1.72. The standard InChI is InChI=1S/C14H29NO3/c1-4-17-12-10-15(11-13-18-5-2)9-7-6-8-14(3)16/h4-13H2,1-3H3. The largest absolute Gasteiger partial charge is 0.380 e. The van der Waals surface area contributed by atoms with Gasteiger partial charge in [-0.15, -0.1) is 0 Å². The molecule has 4 nitrogen and oxygen atoms in total. The number of carbonyl (C=O) groups excluding carboxylic acids is 1. The monoisotopic (exact) mass is 259 g/mol. The molecule has 0 unspecified atom stereocenters. The van der Waals surface area contributed by atoms with E-state index in [1.807, 2.05) is 13.8 Å². The number of ketones is 1. The van der Waals surface area contributed by atoms with Gasteiger partial charge in [0.05, 0.1) is 13.2 Å². The van der Waals surface area contributed by atoms with Crippen LogP contribution in [-0.4, -0.2) is 56.7 Å². The van der Waals surface area contributed by atoms with E-state index in [4.69, 9.17) is 9.47 Å². The summed E-state index contributed by atoms with van der Waals surface area (Å²) >= 11 is 0. The number of rotatable bonds is 13. The van der Waals surface area contributed by atoms with Gasteiger partial charge in [-0.05, 0) is 40.2 Å². The molecular weight excluding hydrogens is 230 g/mol. The number of hydrogen-bond acceptors (Lipinski definition) is 4. The van der Waals surface area contributed by atoms with Crippen molar-refractivity contribution in [1.29, 1.82) is 0 Å². The molecule has 0 N–H and O–H groups in total. The first-order chi connectivity index (χ1) is 8.70. The van der Waals surface area contributed by atoms with E-state index in [0.29, 0.717) is 6.42 Å². The average Bonchev–Trinajstić information content (AvgIpc) is 2.34. The van der Waals surface area contributed by atoms with Gasteiger partial charge in [-0.3, -0.25) is 4.90 Å². The molecule has 0 atom stereocenters. The highest BCUT2D eigenvalue weighted by atomic mass is 16.5. The SMILES string of the molecule is CCOCCN(CCCCC(C)=O)CCOCC. The van der Waals surface area contributed by atoms with E-state index in [1.165, 1.54) is 0 Å². The van der Waals surface area contributed by atoms with Gasteiger partial charge in [-0.1, -0.05) is 0 Å². The summed E-state index contributed by atoms with van der Waals surface area (Å²) in [6, 6.07) is 0. The third-order valence-electron chi connectivity index (χ3n) is 2.77. The summed E-state index contributed by atoms with van der Waals surface area (Å²) in [6.45, 7) is 11.7. The Hall–Kier alpha value is -0.450. The van der Waals surface area contributed by atoms with Gasteiger partial charge in [0.1, 0.15) is 5.78 Å². The van der Waals surface area contributed by atoms with E-state index >= 15 is 0 Å². The van der Waals surface area contributed by atoms with E-state index in [0.717, 1.165) is 58.9 Å². The van der Waals surface area contributed by atoms with Crippen LogP contribution in [0.1, 0.15) is 40.0 Å². The van der Waals surface area contributed by atoms with E-state index < -0.39 is 0 Å². The van der Waals surface area contributed by atoms with Crippen LogP contribution in [0.2, 0.25) is 0 Å². The molecule has 0 radical (unpaired) electrons. The molecule has 0 saturated heterocycles. The second-order valence-electron chi connectivity index (χ2n) is 4.39. The second-order valence-corrected chi connectivity index (χ2v) is 4.39. The normalized spacial score (nSPS) is 11.1. The fraction of sp³-hybridized carbons (Fsp3) is 0.929. The smallest absolute Gasteiger partial charge is 0.129 e. The van der Waals surface area contributed by atoms with E-state index in [1.54, 1.807) is 6.92 Å². The van der Waals surface area contributed by atoms with Crippen molar-refractivity contribution in [2.24, 2.45) is 0 Å². The number of carbonyl (C=O) groups is 1. The van der Waals surface area contributed by atoms with Crippen LogP contribution in [0.5, 0.6) is 0 Å². The van der Waals surface area contributed by atoms with Crippen molar-refractivity contribution in [3.05, 3.63) is 0 Å². The van der Waals surface area contributed by atoms with Gasteiger partial charge in [-0.25, -0.2) is 0 Å². The van der Waals surface area contributed by atoms with Crippen LogP contribution >= 0.6 is 0 Å². The topological polar surface area (TPSA) is 38.8 Å². The first-order valence-corrected chi connectivity index (χ1v) is 7.08. The Labute approximate surface area is 112 Å². The molecule has 0 aliphatic heterocycles. The van der Waals surface area contributed by atoms with Gasteiger partial charge in [0, 0.05) is 32.7 Å². The maximum absolute atomic E-state index is 10.9. The Morgan fingerprint density at radius 2 is 1.50 bits per heavy atom. The average molecular weight is 259 g/mol. The summed E-state index contributed by atoms with van der Waals surface area (Å²) in [5, 5.41) is 0. The van der Waals surface area contributed by atoms with Crippen molar-refractivity contribution in [2.75, 3.05) is 46.1 Å². The van der Waals surface area contributed by atoms with Gasteiger partial charge in [0.2, 0.25) is 0 Å². The Kier molecular flexibility index (Phi) is 12.7. The lowest BCUT2D eigenvalue weighted by molar-refractivity contribution is -0.117. The zero-order valence-corrected chi connectivity index (χ0v) is 12.2. The zero-order valence-electron chi connectivity index (χ0n) is 12.2. The Morgan fingerprint density at radius 3 is 1.94 bits per heavy atom. The molecule has 0 saturated carbocycles. The van der Waals surface area contributed by atoms with Crippen LogP contribution in [0.3, 0.4) is 0 Å². The molecule has 0 aliphatic rings. The summed E-state index contributed by atoms with van der Waals surface area (Å²) in [5.41, 5.74) is 0. The third kappa shape index (κ3) is 12.0. The maximum atomic E-state index is 10.9. The van der Waals surface area contributed by atoms with Gasteiger partial charge >= 0.3 is 0 Å². The third-order valence-corrected chi connectivity index (χ3v) is 2.77. The number of ether oxygens (including phenoxy) is 2. The molecule has 4 heteroatoms. The van der Waals surface area contributed by atoms with Gasteiger partial charge in [0.15, 0.2) is 0 Å². The van der Waals surface area contributed by atoms with Crippen LogP contribution in [0.15, 0.2) is 0 Å². The lowest BCUT2D eigenvalue weighted by atomic mass is 10.2. The summed E-state index contributed by atoms with van der Waals surface area (Å²) in [4.78, 5) is 13.2. The molecule has 18 heavy (non-hydrogen) atoms. The van der Waals surface area contributed by atoms with Crippen molar-refractivity contribution in [1.82, 2.24) is 4.90 Å². The molecule has 0 amide bonds. The number of unbranched alkanes of at least 4 members (excludes halogenated alkanes) is 1. The molecule has 0 aromatic rings. The predicted molar refractivity (Wildman–Crippen MR) is 74.0 cm³/mol. The highest BCUT2D eigenvalue weighted by molar-refractivity contribution is 5.75. The fourth-order valence-electron chi connectivity index (χ4n) is 1.72. The van der Waals surface area contributed by atoms with Crippen LogP contribution in [0.4, 0.5) is 0 Å². The molecule has 0 aromatic carbocycles. The van der Waals surface area contributed by atoms with Crippen molar-refractivity contribution >= 4 is 5.78 Å². The first-order valence-electron chi connectivity index (χ1n) is 7.08. The molecule has 0 heterocycles. The highest BCUT2D eigenvalue weighted by Gasteiger charge is 2.05. The lowest BCUT2D eigenvalue weighted by Gasteiger charge is -2.21. The molecule has 0 spiro atoms. The summed E-state index contributed by atoms with van der Waals surface area (Å²) in [5.74, 6) is 0.283. The van der Waals surface area contributed by atoms with Crippen LogP contribution < -0.4 is 0 Å². The van der Waals surface area contributed by atoms with Crippen LogP contribution in [0.25, 0.3) is 0 Å². The quantitative estimate of drug-likeness (QED) is 0.475. The molecule has 0 aromatic heterocycles. The molecule has 0 bridgehead atoms. The lowest BCUT2D eigenvalue weighted by Crippen LogP contribution is -2.32. The Balaban J connectivity index is 3.69. The summed E-state index contributed by atoms with van der Waals surface area (Å²) < 4.78 is 10.8. The second kappa shape index (κ2) is 13.0. The molecule has 0 fully saturated rings.